The second-order valence-electron chi connectivity index (χ2n) is 6.70. The minimum atomic E-state index is -3.16. The maximum absolute atomic E-state index is 12.3. The van der Waals surface area contributed by atoms with Gasteiger partial charge in [-0.15, -0.1) is 0 Å². The normalized spacial score (nSPS) is 27.6. The van der Waals surface area contributed by atoms with E-state index in [0.717, 1.165) is 31.9 Å². The van der Waals surface area contributed by atoms with Crippen LogP contribution in [0.4, 0.5) is 0 Å². The van der Waals surface area contributed by atoms with E-state index in [4.69, 9.17) is 4.74 Å². The van der Waals surface area contributed by atoms with Crippen molar-refractivity contribution in [3.05, 3.63) is 18.2 Å². The van der Waals surface area contributed by atoms with Crippen LogP contribution in [0.15, 0.2) is 12.4 Å². The Balaban J connectivity index is 1.70. The van der Waals surface area contributed by atoms with Gasteiger partial charge in [-0.25, -0.2) is 13.4 Å². The molecule has 0 aliphatic carbocycles. The van der Waals surface area contributed by atoms with E-state index in [1.165, 1.54) is 0 Å². The first kappa shape index (κ1) is 16.9. The molecule has 0 unspecified atom stereocenters. The zero-order valence-electron chi connectivity index (χ0n) is 13.9. The number of likely N-dealkylation sites (tertiary alicyclic amines) is 1. The van der Waals surface area contributed by atoms with Crippen LogP contribution in [0, 0.1) is 5.41 Å². The summed E-state index contributed by atoms with van der Waals surface area (Å²) in [5, 5.41) is 0. The van der Waals surface area contributed by atoms with Gasteiger partial charge in [0.1, 0.15) is 5.82 Å². The highest BCUT2D eigenvalue weighted by molar-refractivity contribution is 7.89. The van der Waals surface area contributed by atoms with Gasteiger partial charge in [0.15, 0.2) is 0 Å². The highest BCUT2D eigenvalue weighted by Crippen LogP contribution is 2.34. The monoisotopic (exact) mass is 342 g/mol. The zero-order chi connectivity index (χ0) is 16.5. The van der Waals surface area contributed by atoms with Gasteiger partial charge >= 0.3 is 0 Å². The molecule has 1 spiro atoms. The van der Waals surface area contributed by atoms with Gasteiger partial charge in [-0.2, -0.15) is 4.31 Å². The molecule has 1 aromatic rings. The molecule has 3 rings (SSSR count). The van der Waals surface area contributed by atoms with Crippen molar-refractivity contribution in [2.24, 2.45) is 12.5 Å². The first-order chi connectivity index (χ1) is 10.9. The summed E-state index contributed by atoms with van der Waals surface area (Å²) in [5.41, 5.74) is -0.0933. The molecule has 0 amide bonds. The molecular weight excluding hydrogens is 316 g/mol. The van der Waals surface area contributed by atoms with E-state index in [1.54, 1.807) is 11.2 Å². The Hall–Kier alpha value is -0.960. The van der Waals surface area contributed by atoms with Crippen molar-refractivity contribution in [2.75, 3.05) is 45.1 Å². The highest BCUT2D eigenvalue weighted by Gasteiger charge is 2.43. The molecule has 3 heterocycles. The van der Waals surface area contributed by atoms with Gasteiger partial charge in [-0.1, -0.05) is 0 Å². The van der Waals surface area contributed by atoms with E-state index in [-0.39, 0.29) is 11.2 Å². The molecule has 2 saturated heterocycles. The van der Waals surface area contributed by atoms with E-state index < -0.39 is 10.0 Å². The fourth-order valence-corrected chi connectivity index (χ4v) is 4.72. The molecule has 0 saturated carbocycles. The second kappa shape index (κ2) is 6.51. The molecule has 1 aromatic heterocycles. The van der Waals surface area contributed by atoms with Gasteiger partial charge in [0.25, 0.3) is 0 Å². The topological polar surface area (TPSA) is 67.7 Å². The molecule has 2 aliphatic rings. The number of hydrogen-bond acceptors (Lipinski definition) is 5. The number of aryl methyl sites for hydroxylation is 1. The Kier molecular flexibility index (Phi) is 4.78. The molecule has 1 atom stereocenters. The maximum atomic E-state index is 12.3. The van der Waals surface area contributed by atoms with Gasteiger partial charge in [-0.05, 0) is 19.9 Å². The fraction of sp³-hybridized carbons (Fsp3) is 0.800. The average Bonchev–Trinajstić information content (AvgIpc) is 3.02. The number of sulfonamides is 1. The standard InChI is InChI=1S/C15H26N4O3S/c1-3-23(20,21)19-8-9-22-13-15(12-19)4-6-18(11-15)10-14-16-5-7-17(14)2/h5,7H,3-4,6,8-13H2,1-2H3/t15-/m1/s1. The number of aromatic nitrogens is 2. The first-order valence-corrected chi connectivity index (χ1v) is 9.79. The summed E-state index contributed by atoms with van der Waals surface area (Å²) >= 11 is 0. The lowest BCUT2D eigenvalue weighted by molar-refractivity contribution is 0.0718. The van der Waals surface area contributed by atoms with E-state index in [9.17, 15) is 8.42 Å². The lowest BCUT2D eigenvalue weighted by Crippen LogP contribution is -2.43. The Labute approximate surface area is 138 Å². The van der Waals surface area contributed by atoms with Crippen LogP contribution in [0.2, 0.25) is 0 Å². The first-order valence-electron chi connectivity index (χ1n) is 8.18. The molecule has 0 N–H and O–H groups in total. The summed E-state index contributed by atoms with van der Waals surface area (Å²) < 4.78 is 34.0. The molecule has 0 radical (unpaired) electrons. The Morgan fingerprint density at radius 2 is 2.17 bits per heavy atom. The predicted octanol–water partition coefficient (Wildman–Crippen LogP) is 0.294. The van der Waals surface area contributed by atoms with Gasteiger partial charge in [-0.3, -0.25) is 4.90 Å². The van der Waals surface area contributed by atoms with Gasteiger partial charge < -0.3 is 9.30 Å². The highest BCUT2D eigenvalue weighted by atomic mass is 32.2. The minimum Gasteiger partial charge on any atom is -0.379 e. The van der Waals surface area contributed by atoms with Crippen molar-refractivity contribution in [1.82, 2.24) is 18.8 Å². The largest absolute Gasteiger partial charge is 0.379 e. The summed E-state index contributed by atoms with van der Waals surface area (Å²) in [4.78, 5) is 6.74. The molecule has 7 nitrogen and oxygen atoms in total. The molecule has 130 valence electrons. The van der Waals surface area contributed by atoms with Crippen LogP contribution in [0.5, 0.6) is 0 Å². The van der Waals surface area contributed by atoms with E-state index >= 15 is 0 Å². The van der Waals surface area contributed by atoms with Crippen LogP contribution in [0.1, 0.15) is 19.2 Å². The quantitative estimate of drug-likeness (QED) is 0.787. The Morgan fingerprint density at radius 1 is 1.35 bits per heavy atom. The third-order valence-electron chi connectivity index (χ3n) is 4.97. The lowest BCUT2D eigenvalue weighted by Gasteiger charge is -2.31. The van der Waals surface area contributed by atoms with Crippen molar-refractivity contribution in [3.8, 4) is 0 Å². The summed E-state index contributed by atoms with van der Waals surface area (Å²) in [6, 6.07) is 0. The predicted molar refractivity (Wildman–Crippen MR) is 87.4 cm³/mol. The van der Waals surface area contributed by atoms with Crippen molar-refractivity contribution in [3.63, 3.8) is 0 Å². The Morgan fingerprint density at radius 3 is 2.87 bits per heavy atom. The molecule has 8 heteroatoms. The molecule has 0 aromatic carbocycles. The number of nitrogens with zero attached hydrogens (tertiary/aromatic N) is 4. The number of imidazole rings is 1. The van der Waals surface area contributed by atoms with Crippen LogP contribution < -0.4 is 0 Å². The smallest absolute Gasteiger partial charge is 0.213 e. The third kappa shape index (κ3) is 3.60. The number of rotatable bonds is 4. The third-order valence-corrected chi connectivity index (χ3v) is 6.79. The van der Waals surface area contributed by atoms with Crippen LogP contribution in [0.25, 0.3) is 0 Å². The van der Waals surface area contributed by atoms with Crippen LogP contribution in [-0.2, 0) is 28.4 Å². The van der Waals surface area contributed by atoms with Gasteiger partial charge in [0.2, 0.25) is 10.0 Å². The maximum Gasteiger partial charge on any atom is 0.213 e. The summed E-state index contributed by atoms with van der Waals surface area (Å²) in [6.07, 6.45) is 4.73. The summed E-state index contributed by atoms with van der Waals surface area (Å²) in [6.45, 7) is 6.48. The second-order valence-corrected chi connectivity index (χ2v) is 8.96. The van der Waals surface area contributed by atoms with Crippen molar-refractivity contribution < 1.29 is 13.2 Å². The Bertz CT molecular complexity index is 645. The number of ether oxygens (including phenoxy) is 1. The van der Waals surface area contributed by atoms with Crippen LogP contribution in [0.3, 0.4) is 0 Å². The lowest BCUT2D eigenvalue weighted by atomic mass is 9.88. The van der Waals surface area contributed by atoms with E-state index in [0.29, 0.717) is 26.3 Å². The SMILES string of the molecule is CCS(=O)(=O)N1CCOC[C@@]2(CCN(Cc3nccn3C)C2)C1. The summed E-state index contributed by atoms with van der Waals surface area (Å²) in [5.74, 6) is 1.19. The zero-order valence-corrected chi connectivity index (χ0v) is 14.8. The van der Waals surface area contributed by atoms with Crippen LogP contribution in [-0.4, -0.2) is 72.3 Å². The molecule has 2 fully saturated rings. The minimum absolute atomic E-state index is 0.0933. The van der Waals surface area contributed by atoms with Crippen molar-refractivity contribution in [1.29, 1.82) is 0 Å². The molecular formula is C15H26N4O3S. The van der Waals surface area contributed by atoms with Crippen molar-refractivity contribution in [2.45, 2.75) is 19.9 Å². The fourth-order valence-electron chi connectivity index (χ4n) is 3.53. The van der Waals surface area contributed by atoms with E-state index in [1.807, 2.05) is 24.0 Å². The number of hydrogen-bond donors (Lipinski definition) is 0. The van der Waals surface area contributed by atoms with E-state index in [2.05, 4.69) is 9.88 Å². The average molecular weight is 342 g/mol. The molecule has 2 aliphatic heterocycles. The van der Waals surface area contributed by atoms with Crippen molar-refractivity contribution >= 4 is 10.0 Å². The molecule has 23 heavy (non-hydrogen) atoms. The van der Waals surface area contributed by atoms with Gasteiger partial charge in [0.05, 0.1) is 25.5 Å². The molecule has 0 bridgehead atoms. The summed E-state index contributed by atoms with van der Waals surface area (Å²) in [7, 11) is -1.17. The van der Waals surface area contributed by atoms with Gasteiger partial charge in [0, 0.05) is 44.5 Å². The van der Waals surface area contributed by atoms with Crippen LogP contribution >= 0.6 is 0 Å².